The van der Waals surface area contributed by atoms with Crippen molar-refractivity contribution in [3.8, 4) is 0 Å². The van der Waals surface area contributed by atoms with Gasteiger partial charge < -0.3 is 9.64 Å². The highest BCUT2D eigenvalue weighted by molar-refractivity contribution is 5.91. The number of carbonyl (C=O) groups excluding carboxylic acids is 1. The minimum absolute atomic E-state index is 0.0444. The molecule has 2 bridgehead atoms. The molecule has 16 heavy (non-hydrogen) atoms. The number of rotatable bonds is 1. The molecule has 3 heteroatoms. The largest absolute Gasteiger partial charge is 0.455 e. The molecule has 1 aliphatic heterocycles. The normalized spacial score (nSPS) is 38.7. The maximum Gasteiger partial charge on any atom is 0.336 e. The molecule has 1 saturated carbocycles. The van der Waals surface area contributed by atoms with Gasteiger partial charge in [0.1, 0.15) is 5.60 Å². The van der Waals surface area contributed by atoms with Gasteiger partial charge in [-0.15, -0.1) is 0 Å². The molecule has 0 radical (unpaired) electrons. The maximum atomic E-state index is 12.0. The van der Waals surface area contributed by atoms with Crippen LogP contribution in [0.2, 0.25) is 0 Å². The molecule has 0 aromatic rings. The first-order valence-electron chi connectivity index (χ1n) is 5.89. The van der Waals surface area contributed by atoms with E-state index in [1.165, 1.54) is 0 Å². The molecule has 0 aromatic heterocycles. The standard InChI is InChI=1S/C13H21NO2/c1-12(2)10-6-7-13(12,3)16-11(15)9(10)8-14(4)5/h8,10H,6-7H2,1-5H3/b9-8+/t10-,13-/m1/s1. The van der Waals surface area contributed by atoms with Gasteiger partial charge in [0.15, 0.2) is 0 Å². The first-order valence-corrected chi connectivity index (χ1v) is 5.89. The van der Waals surface area contributed by atoms with Crippen molar-refractivity contribution in [3.63, 3.8) is 0 Å². The second-order valence-electron chi connectivity index (χ2n) is 5.98. The average molecular weight is 223 g/mol. The molecule has 1 aliphatic carbocycles. The zero-order chi connectivity index (χ0) is 12.1. The summed E-state index contributed by atoms with van der Waals surface area (Å²) in [6.45, 7) is 6.48. The van der Waals surface area contributed by atoms with Crippen molar-refractivity contribution in [1.82, 2.24) is 4.90 Å². The molecule has 0 spiro atoms. The van der Waals surface area contributed by atoms with E-state index in [0.29, 0.717) is 5.92 Å². The lowest BCUT2D eigenvalue weighted by molar-refractivity contribution is -0.172. The zero-order valence-corrected chi connectivity index (χ0v) is 10.8. The van der Waals surface area contributed by atoms with E-state index in [1.54, 1.807) is 0 Å². The van der Waals surface area contributed by atoms with Gasteiger partial charge in [-0.05, 0) is 19.8 Å². The van der Waals surface area contributed by atoms with E-state index < -0.39 is 0 Å². The summed E-state index contributed by atoms with van der Waals surface area (Å²) in [5.74, 6) is 0.208. The van der Waals surface area contributed by atoms with E-state index in [2.05, 4.69) is 20.8 Å². The molecule has 2 rings (SSSR count). The predicted octanol–water partition coefficient (Wildman–Crippen LogP) is 2.18. The van der Waals surface area contributed by atoms with E-state index in [4.69, 9.17) is 4.74 Å². The molecule has 0 aromatic carbocycles. The molecular formula is C13H21NO2. The Labute approximate surface area is 97.5 Å². The van der Waals surface area contributed by atoms with Crippen molar-refractivity contribution >= 4 is 5.97 Å². The molecule has 2 atom stereocenters. The number of hydrogen-bond acceptors (Lipinski definition) is 3. The van der Waals surface area contributed by atoms with Gasteiger partial charge in [-0.3, -0.25) is 0 Å². The summed E-state index contributed by atoms with van der Waals surface area (Å²) in [7, 11) is 3.88. The Morgan fingerprint density at radius 3 is 2.56 bits per heavy atom. The Balaban J connectivity index is 2.43. The second-order valence-corrected chi connectivity index (χ2v) is 5.98. The molecule has 3 nitrogen and oxygen atoms in total. The summed E-state index contributed by atoms with van der Waals surface area (Å²) in [6.07, 6.45) is 3.94. The fourth-order valence-electron chi connectivity index (χ4n) is 3.02. The van der Waals surface area contributed by atoms with Crippen LogP contribution in [-0.2, 0) is 9.53 Å². The van der Waals surface area contributed by atoms with Gasteiger partial charge in [0.25, 0.3) is 0 Å². The molecule has 2 aliphatic rings. The number of nitrogens with zero attached hydrogens (tertiary/aromatic N) is 1. The van der Waals surface area contributed by atoms with Crippen molar-refractivity contribution in [2.75, 3.05) is 14.1 Å². The topological polar surface area (TPSA) is 29.5 Å². The molecule has 90 valence electrons. The van der Waals surface area contributed by atoms with Crippen LogP contribution in [0.15, 0.2) is 11.8 Å². The minimum Gasteiger partial charge on any atom is -0.455 e. The lowest BCUT2D eigenvalue weighted by Crippen LogP contribution is -2.49. The lowest BCUT2D eigenvalue weighted by Gasteiger charge is -2.45. The lowest BCUT2D eigenvalue weighted by atomic mass is 9.69. The van der Waals surface area contributed by atoms with Crippen LogP contribution in [0.3, 0.4) is 0 Å². The van der Waals surface area contributed by atoms with Gasteiger partial charge in [0.2, 0.25) is 0 Å². The predicted molar refractivity (Wildman–Crippen MR) is 62.8 cm³/mol. The third kappa shape index (κ3) is 1.37. The highest BCUT2D eigenvalue weighted by Gasteiger charge is 2.60. The fraction of sp³-hybridized carbons (Fsp3) is 0.769. The van der Waals surface area contributed by atoms with Crippen LogP contribution < -0.4 is 0 Å². The number of fused-ring (bicyclic) bond motifs is 2. The van der Waals surface area contributed by atoms with Crippen molar-refractivity contribution in [2.45, 2.75) is 39.2 Å². The number of hydrogen-bond donors (Lipinski definition) is 0. The van der Waals surface area contributed by atoms with Crippen LogP contribution in [-0.4, -0.2) is 30.6 Å². The van der Waals surface area contributed by atoms with E-state index in [1.807, 2.05) is 25.2 Å². The summed E-state index contributed by atoms with van der Waals surface area (Å²) in [4.78, 5) is 13.9. The van der Waals surface area contributed by atoms with Crippen LogP contribution in [0.5, 0.6) is 0 Å². The van der Waals surface area contributed by atoms with Crippen molar-refractivity contribution in [3.05, 3.63) is 11.8 Å². The summed E-state index contributed by atoms with van der Waals surface area (Å²) in [5.41, 5.74) is 0.603. The Hall–Kier alpha value is -0.990. The van der Waals surface area contributed by atoms with E-state index in [0.717, 1.165) is 18.4 Å². The molecule has 0 N–H and O–H groups in total. The maximum absolute atomic E-state index is 12.0. The van der Waals surface area contributed by atoms with Gasteiger partial charge in [-0.1, -0.05) is 13.8 Å². The minimum atomic E-state index is -0.279. The fourth-order valence-corrected chi connectivity index (χ4v) is 3.02. The third-order valence-electron chi connectivity index (χ3n) is 4.47. The van der Waals surface area contributed by atoms with Crippen LogP contribution in [0.4, 0.5) is 0 Å². The monoisotopic (exact) mass is 223 g/mol. The molecule has 1 heterocycles. The molecule has 0 amide bonds. The van der Waals surface area contributed by atoms with E-state index >= 15 is 0 Å². The highest BCUT2D eigenvalue weighted by atomic mass is 16.6. The smallest absolute Gasteiger partial charge is 0.336 e. The second kappa shape index (κ2) is 3.25. The SMILES string of the molecule is CN(C)/C=C1/C(=O)O[C@]2(C)CC[C@H]1C2(C)C. The Morgan fingerprint density at radius 2 is 2.00 bits per heavy atom. The van der Waals surface area contributed by atoms with Gasteiger partial charge in [-0.2, -0.15) is 0 Å². The Kier molecular flexibility index (Phi) is 2.34. The average Bonchev–Trinajstić information content (AvgIpc) is 2.28. The zero-order valence-electron chi connectivity index (χ0n) is 10.8. The van der Waals surface area contributed by atoms with Crippen LogP contribution in [0.1, 0.15) is 33.6 Å². The van der Waals surface area contributed by atoms with Gasteiger partial charge in [-0.25, -0.2) is 4.79 Å². The van der Waals surface area contributed by atoms with Crippen molar-refractivity contribution in [1.29, 1.82) is 0 Å². The number of ether oxygens (including phenoxy) is 1. The van der Waals surface area contributed by atoms with E-state index in [-0.39, 0.29) is 17.0 Å². The first kappa shape index (κ1) is 11.5. The molecule has 1 saturated heterocycles. The van der Waals surface area contributed by atoms with Crippen molar-refractivity contribution < 1.29 is 9.53 Å². The molecule has 0 unspecified atom stereocenters. The van der Waals surface area contributed by atoms with Gasteiger partial charge in [0.05, 0.1) is 5.57 Å². The number of esters is 1. The van der Waals surface area contributed by atoms with Gasteiger partial charge in [0, 0.05) is 31.6 Å². The van der Waals surface area contributed by atoms with Crippen LogP contribution in [0, 0.1) is 11.3 Å². The summed E-state index contributed by atoms with van der Waals surface area (Å²) >= 11 is 0. The quantitative estimate of drug-likeness (QED) is 0.504. The van der Waals surface area contributed by atoms with Gasteiger partial charge >= 0.3 is 5.97 Å². The summed E-state index contributed by atoms with van der Waals surface area (Å²) in [6, 6.07) is 0. The van der Waals surface area contributed by atoms with Crippen molar-refractivity contribution in [2.24, 2.45) is 11.3 Å². The number of carbonyl (C=O) groups is 1. The third-order valence-corrected chi connectivity index (χ3v) is 4.47. The molecule has 2 fully saturated rings. The Bertz CT molecular complexity index is 357. The van der Waals surface area contributed by atoms with Crippen LogP contribution >= 0.6 is 0 Å². The van der Waals surface area contributed by atoms with E-state index in [9.17, 15) is 4.79 Å². The Morgan fingerprint density at radius 1 is 1.38 bits per heavy atom. The summed E-state index contributed by atoms with van der Waals surface area (Å²) in [5, 5.41) is 0. The first-order chi connectivity index (χ1) is 7.28. The highest BCUT2D eigenvalue weighted by Crippen LogP contribution is 2.58. The molecular weight excluding hydrogens is 202 g/mol. The van der Waals surface area contributed by atoms with Crippen LogP contribution in [0.25, 0.3) is 0 Å². The summed E-state index contributed by atoms with van der Waals surface area (Å²) < 4.78 is 5.66.